The summed E-state index contributed by atoms with van der Waals surface area (Å²) < 4.78 is 0. The summed E-state index contributed by atoms with van der Waals surface area (Å²) in [5, 5.41) is 20.1. The number of nitrogen functional groups attached to an aromatic ring is 1. The molecule has 0 aliphatic heterocycles. The fourth-order valence-electron chi connectivity index (χ4n) is 2.30. The quantitative estimate of drug-likeness (QED) is 0.519. The maximum atomic E-state index is 10.2. The maximum absolute atomic E-state index is 10.2. The van der Waals surface area contributed by atoms with Gasteiger partial charge in [0.25, 0.3) is 0 Å². The number of nitrogens with zero attached hydrogens (tertiary/aromatic N) is 2. The molecule has 0 aliphatic rings. The molecule has 3 aromatic rings. The summed E-state index contributed by atoms with van der Waals surface area (Å²) in [6.45, 7) is 1.93. The Kier molecular flexibility index (Phi) is 3.28. The smallest absolute Gasteiger partial charge is 0.125 e. The van der Waals surface area contributed by atoms with Gasteiger partial charge >= 0.3 is 0 Å². The highest BCUT2D eigenvalue weighted by atomic mass is 16.3. The standard InChI is InChI=1S/C17H15N3O/c1-11-9-12-7-8-14(18)17(16(12)15(21)10-11)20-19-13-5-3-2-4-6-13/h2-10,21H,18H2,1H3. The fourth-order valence-corrected chi connectivity index (χ4v) is 2.30. The lowest BCUT2D eigenvalue weighted by Crippen LogP contribution is -1.87. The average Bonchev–Trinajstić information content (AvgIpc) is 2.47. The van der Waals surface area contributed by atoms with Gasteiger partial charge in [0.1, 0.15) is 11.4 Å². The van der Waals surface area contributed by atoms with Crippen molar-refractivity contribution >= 4 is 27.8 Å². The number of phenolic OH excluding ortho intramolecular Hbond substituents is 1. The molecule has 0 fully saturated rings. The van der Waals surface area contributed by atoms with Crippen molar-refractivity contribution in [3.05, 3.63) is 60.2 Å². The number of phenols is 1. The van der Waals surface area contributed by atoms with E-state index in [1.54, 1.807) is 12.1 Å². The molecular formula is C17H15N3O. The van der Waals surface area contributed by atoms with Gasteiger partial charge in [-0.15, -0.1) is 5.11 Å². The number of anilines is 1. The molecule has 104 valence electrons. The van der Waals surface area contributed by atoms with E-state index in [4.69, 9.17) is 5.73 Å². The molecule has 3 N–H and O–H groups in total. The third-order valence-electron chi connectivity index (χ3n) is 3.27. The zero-order chi connectivity index (χ0) is 14.8. The summed E-state index contributed by atoms with van der Waals surface area (Å²) in [5.74, 6) is 0.166. The Morgan fingerprint density at radius 3 is 2.48 bits per heavy atom. The molecule has 0 aromatic heterocycles. The number of benzene rings is 3. The van der Waals surface area contributed by atoms with Gasteiger partial charge in [-0.3, -0.25) is 0 Å². The molecule has 0 aliphatic carbocycles. The normalized spacial score (nSPS) is 11.3. The maximum Gasteiger partial charge on any atom is 0.125 e. The lowest BCUT2D eigenvalue weighted by Gasteiger charge is -2.08. The zero-order valence-electron chi connectivity index (χ0n) is 11.6. The lowest BCUT2D eigenvalue weighted by atomic mass is 10.0. The van der Waals surface area contributed by atoms with Gasteiger partial charge < -0.3 is 10.8 Å². The Morgan fingerprint density at radius 2 is 1.71 bits per heavy atom. The van der Waals surface area contributed by atoms with Crippen molar-refractivity contribution < 1.29 is 5.11 Å². The first-order valence-corrected chi connectivity index (χ1v) is 6.64. The Bertz CT molecular complexity index is 826. The predicted octanol–water partition coefficient (Wildman–Crippen LogP) is 4.85. The van der Waals surface area contributed by atoms with Crippen LogP contribution in [0.2, 0.25) is 0 Å². The van der Waals surface area contributed by atoms with Crippen molar-refractivity contribution in [1.29, 1.82) is 0 Å². The molecule has 4 nitrogen and oxygen atoms in total. The first-order valence-electron chi connectivity index (χ1n) is 6.64. The van der Waals surface area contributed by atoms with Crippen LogP contribution in [0.25, 0.3) is 10.8 Å². The van der Waals surface area contributed by atoms with Crippen molar-refractivity contribution in [3.8, 4) is 5.75 Å². The molecule has 0 atom stereocenters. The van der Waals surface area contributed by atoms with Crippen LogP contribution < -0.4 is 5.73 Å². The van der Waals surface area contributed by atoms with Gasteiger partial charge in [-0.2, -0.15) is 5.11 Å². The van der Waals surface area contributed by atoms with E-state index in [1.165, 1.54) is 0 Å². The van der Waals surface area contributed by atoms with Crippen LogP contribution >= 0.6 is 0 Å². The van der Waals surface area contributed by atoms with Crippen molar-refractivity contribution in [1.82, 2.24) is 0 Å². The molecule has 0 unspecified atom stereocenters. The summed E-state index contributed by atoms with van der Waals surface area (Å²) in [4.78, 5) is 0. The van der Waals surface area contributed by atoms with Gasteiger partial charge in [-0.05, 0) is 42.1 Å². The molecule has 0 saturated heterocycles. The molecule has 3 aromatic carbocycles. The van der Waals surface area contributed by atoms with Gasteiger partial charge in [0.2, 0.25) is 0 Å². The summed E-state index contributed by atoms with van der Waals surface area (Å²) in [5.41, 5.74) is 8.69. The van der Waals surface area contributed by atoms with E-state index in [2.05, 4.69) is 10.2 Å². The Balaban J connectivity index is 2.18. The van der Waals surface area contributed by atoms with Crippen LogP contribution in [0.1, 0.15) is 5.56 Å². The minimum atomic E-state index is 0.166. The van der Waals surface area contributed by atoms with Crippen LogP contribution in [0.15, 0.2) is 64.8 Å². The van der Waals surface area contributed by atoms with Crippen LogP contribution in [-0.2, 0) is 0 Å². The van der Waals surface area contributed by atoms with E-state index in [0.717, 1.165) is 16.6 Å². The molecule has 4 heteroatoms. The van der Waals surface area contributed by atoms with Crippen LogP contribution in [0.3, 0.4) is 0 Å². The van der Waals surface area contributed by atoms with E-state index in [9.17, 15) is 5.11 Å². The van der Waals surface area contributed by atoms with Gasteiger partial charge in [-0.25, -0.2) is 0 Å². The third kappa shape index (κ3) is 2.56. The molecule has 0 saturated carbocycles. The second kappa shape index (κ2) is 5.25. The number of aryl methyl sites for hydroxylation is 1. The van der Waals surface area contributed by atoms with E-state index in [-0.39, 0.29) is 5.75 Å². The molecule has 3 rings (SSSR count). The highest BCUT2D eigenvalue weighted by molar-refractivity contribution is 6.02. The first-order chi connectivity index (χ1) is 10.1. The molecule has 0 spiro atoms. The van der Waals surface area contributed by atoms with Crippen LogP contribution in [-0.4, -0.2) is 5.11 Å². The number of nitrogens with two attached hydrogens (primary N) is 1. The minimum Gasteiger partial charge on any atom is -0.507 e. The van der Waals surface area contributed by atoms with Gasteiger partial charge in [-0.1, -0.05) is 30.3 Å². The molecule has 0 amide bonds. The third-order valence-corrected chi connectivity index (χ3v) is 3.27. The van der Waals surface area contributed by atoms with E-state index in [0.29, 0.717) is 16.8 Å². The van der Waals surface area contributed by atoms with Crippen LogP contribution in [0, 0.1) is 6.92 Å². The monoisotopic (exact) mass is 277 g/mol. The molecule has 0 heterocycles. The number of rotatable bonds is 2. The zero-order valence-corrected chi connectivity index (χ0v) is 11.6. The number of fused-ring (bicyclic) bond motifs is 1. The fraction of sp³-hybridized carbons (Fsp3) is 0.0588. The average molecular weight is 277 g/mol. The van der Waals surface area contributed by atoms with Gasteiger partial charge in [0, 0.05) is 0 Å². The Hall–Kier alpha value is -2.88. The molecular weight excluding hydrogens is 262 g/mol. The van der Waals surface area contributed by atoms with Crippen molar-refractivity contribution in [2.75, 3.05) is 5.73 Å². The first kappa shape index (κ1) is 13.1. The summed E-state index contributed by atoms with van der Waals surface area (Å²) in [6, 6.07) is 16.7. The number of azo groups is 1. The second-order valence-corrected chi connectivity index (χ2v) is 4.92. The summed E-state index contributed by atoms with van der Waals surface area (Å²) >= 11 is 0. The van der Waals surface area contributed by atoms with E-state index in [1.807, 2.05) is 49.4 Å². The number of hydrogen-bond donors (Lipinski definition) is 2. The van der Waals surface area contributed by atoms with Crippen molar-refractivity contribution in [2.24, 2.45) is 10.2 Å². The number of hydrogen-bond acceptors (Lipinski definition) is 4. The Morgan fingerprint density at radius 1 is 0.952 bits per heavy atom. The largest absolute Gasteiger partial charge is 0.507 e. The highest BCUT2D eigenvalue weighted by Crippen LogP contribution is 2.39. The highest BCUT2D eigenvalue weighted by Gasteiger charge is 2.10. The molecule has 0 radical (unpaired) electrons. The lowest BCUT2D eigenvalue weighted by molar-refractivity contribution is 0.481. The number of aromatic hydroxyl groups is 1. The summed E-state index contributed by atoms with van der Waals surface area (Å²) in [6.07, 6.45) is 0. The minimum absolute atomic E-state index is 0.166. The van der Waals surface area contributed by atoms with Crippen LogP contribution in [0.4, 0.5) is 17.1 Å². The van der Waals surface area contributed by atoms with Crippen molar-refractivity contribution in [3.63, 3.8) is 0 Å². The molecule has 21 heavy (non-hydrogen) atoms. The van der Waals surface area contributed by atoms with Gasteiger partial charge in [0.05, 0.1) is 16.8 Å². The van der Waals surface area contributed by atoms with E-state index >= 15 is 0 Å². The van der Waals surface area contributed by atoms with Gasteiger partial charge in [0.15, 0.2) is 0 Å². The predicted molar refractivity (Wildman–Crippen MR) is 85.4 cm³/mol. The van der Waals surface area contributed by atoms with Crippen LogP contribution in [0.5, 0.6) is 5.75 Å². The second-order valence-electron chi connectivity index (χ2n) is 4.92. The Labute approximate surface area is 122 Å². The summed E-state index contributed by atoms with van der Waals surface area (Å²) in [7, 11) is 0. The topological polar surface area (TPSA) is 71.0 Å². The molecule has 0 bridgehead atoms. The SMILES string of the molecule is Cc1cc(O)c2c(N=Nc3ccccc3)c(N)ccc2c1. The van der Waals surface area contributed by atoms with Crippen molar-refractivity contribution in [2.45, 2.75) is 6.92 Å². The van der Waals surface area contributed by atoms with E-state index < -0.39 is 0 Å².